The van der Waals surface area contributed by atoms with Crippen LogP contribution in [0.4, 0.5) is 5.82 Å². The first-order valence-corrected chi connectivity index (χ1v) is 8.91. The number of hydrogen-bond donors (Lipinski definition) is 3. The minimum absolute atomic E-state index is 0.339. The first-order chi connectivity index (χ1) is 13.0. The Morgan fingerprint density at radius 3 is 2.89 bits per heavy atom. The van der Waals surface area contributed by atoms with Crippen molar-refractivity contribution in [1.29, 1.82) is 0 Å². The Balaban J connectivity index is 1.50. The van der Waals surface area contributed by atoms with Crippen LogP contribution in [-0.4, -0.2) is 43.1 Å². The predicted octanol–water partition coefficient (Wildman–Crippen LogP) is 1.56. The van der Waals surface area contributed by atoms with Gasteiger partial charge in [0.25, 0.3) is 0 Å². The highest BCUT2D eigenvalue weighted by molar-refractivity contribution is 6.30. The number of aromatic nitrogens is 3. The summed E-state index contributed by atoms with van der Waals surface area (Å²) < 4.78 is 13.5. The molecule has 1 fully saturated rings. The van der Waals surface area contributed by atoms with Crippen LogP contribution in [-0.2, 0) is 16.1 Å². The number of fused-ring (bicyclic) bond motifs is 2. The molecule has 0 amide bonds. The standard InChI is InChI=1S/C18H17ClN4O4/c19-9-2-1-8-6-26-14(11(8)5-9)15-12(24)13(25)18(27-15)23-4-3-10-16(20)21-7-22-17(10)23/h1-5,7,12-15,18,24-25H,6H2,(H2,20,21,22)/t12-,13+,14+,15-,18+/m0/s1. The molecule has 4 N–H and O–H groups in total. The maximum absolute atomic E-state index is 10.6. The molecule has 5 rings (SSSR count). The summed E-state index contributed by atoms with van der Waals surface area (Å²) in [7, 11) is 0. The average Bonchev–Trinajstić information content (AvgIpc) is 3.33. The molecular formula is C18H17ClN4O4. The topological polar surface area (TPSA) is 116 Å². The molecule has 2 aliphatic heterocycles. The normalized spacial score (nSPS) is 30.1. The van der Waals surface area contributed by atoms with Crippen LogP contribution in [0.3, 0.4) is 0 Å². The van der Waals surface area contributed by atoms with E-state index in [9.17, 15) is 10.2 Å². The van der Waals surface area contributed by atoms with Crippen LogP contribution in [0, 0.1) is 0 Å². The molecule has 1 aromatic carbocycles. The molecular weight excluding hydrogens is 372 g/mol. The van der Waals surface area contributed by atoms with Crippen LogP contribution in [0.25, 0.3) is 11.0 Å². The summed E-state index contributed by atoms with van der Waals surface area (Å²) in [4.78, 5) is 8.19. The number of anilines is 1. The number of rotatable bonds is 2. The summed E-state index contributed by atoms with van der Waals surface area (Å²) in [6.07, 6.45) is -1.34. The van der Waals surface area contributed by atoms with Gasteiger partial charge in [-0.25, -0.2) is 9.97 Å². The Hall–Kier alpha value is -2.23. The molecule has 0 saturated carbocycles. The van der Waals surface area contributed by atoms with Gasteiger partial charge in [-0.2, -0.15) is 0 Å². The lowest BCUT2D eigenvalue weighted by Gasteiger charge is -2.22. The fourth-order valence-corrected chi connectivity index (χ4v) is 4.05. The number of ether oxygens (including phenoxy) is 2. The van der Waals surface area contributed by atoms with Gasteiger partial charge in [-0.05, 0) is 29.3 Å². The van der Waals surface area contributed by atoms with Crippen LogP contribution < -0.4 is 5.73 Å². The number of nitrogens with two attached hydrogens (primary N) is 1. The third-order valence-electron chi connectivity index (χ3n) is 5.22. The van der Waals surface area contributed by atoms with E-state index in [1.54, 1.807) is 22.9 Å². The van der Waals surface area contributed by atoms with Crippen LogP contribution >= 0.6 is 11.6 Å². The quantitative estimate of drug-likeness (QED) is 0.610. The van der Waals surface area contributed by atoms with E-state index in [2.05, 4.69) is 9.97 Å². The SMILES string of the molecule is Nc1ncnc2c1ccn2[C@@H]1O[C@H]([C@@H]2OCc3ccc(Cl)cc32)[C@@H](O)[C@H]1O. The zero-order valence-corrected chi connectivity index (χ0v) is 14.8. The van der Waals surface area contributed by atoms with Crippen LogP contribution in [0.5, 0.6) is 0 Å². The van der Waals surface area contributed by atoms with Crippen molar-refractivity contribution < 1.29 is 19.7 Å². The van der Waals surface area contributed by atoms with Gasteiger partial charge in [-0.15, -0.1) is 0 Å². The molecule has 0 unspecified atom stereocenters. The number of hydrogen-bond acceptors (Lipinski definition) is 7. The van der Waals surface area contributed by atoms with E-state index in [4.69, 9.17) is 26.8 Å². The summed E-state index contributed by atoms with van der Waals surface area (Å²) >= 11 is 6.11. The molecule has 0 spiro atoms. The molecule has 8 nitrogen and oxygen atoms in total. The first kappa shape index (κ1) is 16.9. The van der Waals surface area contributed by atoms with Gasteiger partial charge in [0.05, 0.1) is 12.0 Å². The molecule has 140 valence electrons. The van der Waals surface area contributed by atoms with Gasteiger partial charge < -0.3 is 30.0 Å². The molecule has 4 heterocycles. The van der Waals surface area contributed by atoms with E-state index in [0.29, 0.717) is 28.5 Å². The monoisotopic (exact) mass is 388 g/mol. The summed E-state index contributed by atoms with van der Waals surface area (Å²) in [6, 6.07) is 7.25. The second-order valence-corrected chi connectivity index (χ2v) is 7.20. The van der Waals surface area contributed by atoms with Crippen LogP contribution in [0.2, 0.25) is 5.02 Å². The number of nitrogens with zero attached hydrogens (tertiary/aromatic N) is 3. The van der Waals surface area contributed by atoms with Crippen molar-refractivity contribution >= 4 is 28.5 Å². The highest BCUT2D eigenvalue weighted by Gasteiger charge is 2.49. The Bertz CT molecular complexity index is 1030. The zero-order chi connectivity index (χ0) is 18.7. The summed E-state index contributed by atoms with van der Waals surface area (Å²) in [6.45, 7) is 0.403. The van der Waals surface area contributed by atoms with Crippen molar-refractivity contribution in [3.63, 3.8) is 0 Å². The molecule has 5 atom stereocenters. The molecule has 2 aliphatic rings. The van der Waals surface area contributed by atoms with E-state index in [1.807, 2.05) is 12.1 Å². The lowest BCUT2D eigenvalue weighted by Crippen LogP contribution is -2.34. The van der Waals surface area contributed by atoms with Crippen LogP contribution in [0.15, 0.2) is 36.8 Å². The van der Waals surface area contributed by atoms with Gasteiger partial charge >= 0.3 is 0 Å². The van der Waals surface area contributed by atoms with E-state index in [1.165, 1.54) is 6.33 Å². The van der Waals surface area contributed by atoms with Crippen molar-refractivity contribution in [2.24, 2.45) is 0 Å². The maximum Gasteiger partial charge on any atom is 0.164 e. The summed E-state index contributed by atoms with van der Waals surface area (Å²) in [5.74, 6) is 0.339. The number of aliphatic hydroxyl groups excluding tert-OH is 2. The second-order valence-electron chi connectivity index (χ2n) is 6.77. The largest absolute Gasteiger partial charge is 0.387 e. The van der Waals surface area contributed by atoms with E-state index in [0.717, 1.165) is 11.1 Å². The van der Waals surface area contributed by atoms with Crippen molar-refractivity contribution in [1.82, 2.24) is 14.5 Å². The number of aliphatic hydroxyl groups is 2. The van der Waals surface area contributed by atoms with Crippen molar-refractivity contribution in [3.05, 3.63) is 52.9 Å². The Morgan fingerprint density at radius 2 is 2.04 bits per heavy atom. The minimum Gasteiger partial charge on any atom is -0.387 e. The Labute approximate surface area is 159 Å². The summed E-state index contributed by atoms with van der Waals surface area (Å²) in [5, 5.41) is 22.5. The lowest BCUT2D eigenvalue weighted by molar-refractivity contribution is -0.104. The zero-order valence-electron chi connectivity index (χ0n) is 14.1. The second kappa shape index (κ2) is 6.15. The van der Waals surface area contributed by atoms with E-state index in [-0.39, 0.29) is 0 Å². The van der Waals surface area contributed by atoms with Gasteiger partial charge in [-0.1, -0.05) is 17.7 Å². The first-order valence-electron chi connectivity index (χ1n) is 8.53. The van der Waals surface area contributed by atoms with E-state index >= 15 is 0 Å². The average molecular weight is 389 g/mol. The fraction of sp³-hybridized carbons (Fsp3) is 0.333. The fourth-order valence-electron chi connectivity index (χ4n) is 3.86. The molecule has 0 bridgehead atoms. The highest BCUT2D eigenvalue weighted by atomic mass is 35.5. The smallest absolute Gasteiger partial charge is 0.164 e. The van der Waals surface area contributed by atoms with Crippen LogP contribution in [0.1, 0.15) is 23.5 Å². The molecule has 3 aromatic rings. The maximum atomic E-state index is 10.6. The highest BCUT2D eigenvalue weighted by Crippen LogP contribution is 2.43. The van der Waals surface area contributed by atoms with E-state index < -0.39 is 30.6 Å². The predicted molar refractivity (Wildman–Crippen MR) is 96.8 cm³/mol. The van der Waals surface area contributed by atoms with Crippen molar-refractivity contribution in [2.75, 3.05) is 5.73 Å². The van der Waals surface area contributed by atoms with Gasteiger partial charge in [0, 0.05) is 11.2 Å². The molecule has 1 saturated heterocycles. The number of halogens is 1. The lowest BCUT2D eigenvalue weighted by atomic mass is 9.97. The Kier molecular flexibility index (Phi) is 3.85. The van der Waals surface area contributed by atoms with Gasteiger partial charge in [0.15, 0.2) is 6.23 Å². The third kappa shape index (κ3) is 2.53. The molecule has 2 aromatic heterocycles. The minimum atomic E-state index is -1.16. The third-order valence-corrected chi connectivity index (χ3v) is 5.46. The summed E-state index contributed by atoms with van der Waals surface area (Å²) in [5.41, 5.74) is 8.25. The van der Waals surface area contributed by atoms with Crippen molar-refractivity contribution in [3.8, 4) is 0 Å². The molecule has 27 heavy (non-hydrogen) atoms. The molecule has 9 heteroatoms. The van der Waals surface area contributed by atoms with Gasteiger partial charge in [-0.3, -0.25) is 0 Å². The number of nitrogen functional groups attached to an aromatic ring is 1. The van der Waals surface area contributed by atoms with Gasteiger partial charge in [0.2, 0.25) is 0 Å². The Morgan fingerprint density at radius 1 is 1.19 bits per heavy atom. The van der Waals surface area contributed by atoms with Crippen molar-refractivity contribution in [2.45, 2.75) is 37.3 Å². The molecule has 0 radical (unpaired) electrons. The molecule has 0 aliphatic carbocycles. The number of benzene rings is 1. The van der Waals surface area contributed by atoms with Gasteiger partial charge in [0.1, 0.15) is 42.2 Å².